The van der Waals surface area contributed by atoms with Gasteiger partial charge in [-0.15, -0.1) is 5.11 Å². The molecule has 122 valence electrons. The molecule has 2 aromatic carbocycles. The summed E-state index contributed by atoms with van der Waals surface area (Å²) in [6.07, 6.45) is 0. The highest BCUT2D eigenvalue weighted by molar-refractivity contribution is 6.23. The predicted molar refractivity (Wildman–Crippen MR) is 92.4 cm³/mol. The average molecular weight is 322 g/mol. The molecule has 0 aliphatic carbocycles. The van der Waals surface area contributed by atoms with Gasteiger partial charge in [-0.3, -0.25) is 14.9 Å². The van der Waals surface area contributed by atoms with Gasteiger partial charge in [0.25, 0.3) is 11.8 Å². The van der Waals surface area contributed by atoms with Crippen LogP contribution in [0.4, 0.5) is 17.1 Å². The van der Waals surface area contributed by atoms with Crippen molar-refractivity contribution in [3.63, 3.8) is 0 Å². The van der Waals surface area contributed by atoms with Crippen molar-refractivity contribution >= 4 is 28.9 Å². The minimum Gasteiger partial charge on any atom is -0.372 e. The second-order valence-corrected chi connectivity index (χ2v) is 5.37. The van der Waals surface area contributed by atoms with Crippen molar-refractivity contribution in [3.05, 3.63) is 53.6 Å². The lowest BCUT2D eigenvalue weighted by Crippen LogP contribution is -2.21. The molecule has 2 aromatic rings. The molecule has 1 aliphatic rings. The number of benzene rings is 2. The van der Waals surface area contributed by atoms with Crippen LogP contribution in [0.5, 0.6) is 0 Å². The summed E-state index contributed by atoms with van der Waals surface area (Å²) in [6, 6.07) is 12.7. The number of anilines is 1. The molecule has 3 rings (SSSR count). The maximum absolute atomic E-state index is 11.9. The molecule has 6 nitrogen and oxygen atoms in total. The van der Waals surface area contributed by atoms with E-state index >= 15 is 0 Å². The van der Waals surface area contributed by atoms with E-state index in [2.05, 4.69) is 34.3 Å². The third kappa shape index (κ3) is 2.90. The maximum atomic E-state index is 11.9. The van der Waals surface area contributed by atoms with Crippen molar-refractivity contribution in [2.45, 2.75) is 13.8 Å². The van der Waals surface area contributed by atoms with Gasteiger partial charge in [-0.25, -0.2) is 0 Å². The Balaban J connectivity index is 1.85. The number of imide groups is 1. The van der Waals surface area contributed by atoms with Gasteiger partial charge in [-0.05, 0) is 50.2 Å². The number of rotatable bonds is 5. The summed E-state index contributed by atoms with van der Waals surface area (Å²) in [6.45, 7) is 6.10. The molecule has 0 saturated heterocycles. The van der Waals surface area contributed by atoms with Crippen LogP contribution in [0.25, 0.3) is 0 Å². The Labute approximate surface area is 140 Å². The van der Waals surface area contributed by atoms with Gasteiger partial charge in [0, 0.05) is 18.8 Å². The van der Waals surface area contributed by atoms with Crippen molar-refractivity contribution in [1.29, 1.82) is 0 Å². The van der Waals surface area contributed by atoms with E-state index in [1.165, 1.54) is 0 Å². The molecule has 0 atom stereocenters. The topological polar surface area (TPSA) is 74.1 Å². The Hall–Kier alpha value is -3.02. The number of fused-ring (bicyclic) bond motifs is 1. The number of nitrogens with one attached hydrogen (secondary N) is 1. The second-order valence-electron chi connectivity index (χ2n) is 5.37. The van der Waals surface area contributed by atoms with Gasteiger partial charge >= 0.3 is 0 Å². The molecule has 1 heterocycles. The smallest absolute Gasteiger partial charge is 0.261 e. The minimum absolute atomic E-state index is 0.283. The van der Waals surface area contributed by atoms with Gasteiger partial charge in [0.2, 0.25) is 0 Å². The first-order valence-electron chi connectivity index (χ1n) is 7.89. The van der Waals surface area contributed by atoms with Crippen molar-refractivity contribution in [2.75, 3.05) is 18.0 Å². The highest BCUT2D eigenvalue weighted by Gasteiger charge is 2.29. The number of nitrogens with zero attached hydrogens (tertiary/aromatic N) is 3. The van der Waals surface area contributed by atoms with Crippen LogP contribution in [0.3, 0.4) is 0 Å². The summed E-state index contributed by atoms with van der Waals surface area (Å²) in [5.74, 6) is -0.822. The highest BCUT2D eigenvalue weighted by atomic mass is 16.2. The quantitative estimate of drug-likeness (QED) is 0.671. The van der Waals surface area contributed by atoms with Gasteiger partial charge in [-0.1, -0.05) is 6.07 Å². The van der Waals surface area contributed by atoms with Crippen molar-refractivity contribution in [3.8, 4) is 0 Å². The standard InChI is InChI=1S/C18H18N4O2/c1-3-22(4-2)13-10-8-12(9-11-13)20-21-15-7-5-6-14-16(15)18(24)19-17(14)23/h5-11H,3-4H2,1-2H3,(H,19,23,24). The van der Waals surface area contributed by atoms with E-state index in [0.29, 0.717) is 16.9 Å². The van der Waals surface area contributed by atoms with Crippen LogP contribution in [0.2, 0.25) is 0 Å². The molecule has 24 heavy (non-hydrogen) atoms. The average Bonchev–Trinajstić information content (AvgIpc) is 2.90. The highest BCUT2D eigenvalue weighted by Crippen LogP contribution is 2.28. The molecule has 6 heteroatoms. The molecule has 0 bridgehead atoms. The van der Waals surface area contributed by atoms with Gasteiger partial charge < -0.3 is 4.90 Å². The summed E-state index contributed by atoms with van der Waals surface area (Å²) in [4.78, 5) is 25.7. The Bertz CT molecular complexity index is 808. The van der Waals surface area contributed by atoms with Gasteiger partial charge in [0.05, 0.1) is 22.5 Å². The number of carbonyl (C=O) groups excluding carboxylic acids is 2. The van der Waals surface area contributed by atoms with Crippen molar-refractivity contribution in [2.24, 2.45) is 10.2 Å². The van der Waals surface area contributed by atoms with E-state index in [9.17, 15) is 9.59 Å². The molecule has 0 fully saturated rings. The van der Waals surface area contributed by atoms with E-state index in [1.807, 2.05) is 24.3 Å². The number of hydrogen-bond acceptors (Lipinski definition) is 5. The summed E-state index contributed by atoms with van der Waals surface area (Å²) >= 11 is 0. The first-order valence-corrected chi connectivity index (χ1v) is 7.89. The summed E-state index contributed by atoms with van der Waals surface area (Å²) in [5, 5.41) is 10.6. The van der Waals surface area contributed by atoms with Crippen LogP contribution < -0.4 is 10.2 Å². The van der Waals surface area contributed by atoms with Crippen LogP contribution in [-0.4, -0.2) is 24.9 Å². The van der Waals surface area contributed by atoms with E-state index in [-0.39, 0.29) is 5.56 Å². The first kappa shape index (κ1) is 15.9. The zero-order valence-corrected chi connectivity index (χ0v) is 13.6. The lowest BCUT2D eigenvalue weighted by atomic mass is 10.1. The monoisotopic (exact) mass is 322 g/mol. The zero-order valence-electron chi connectivity index (χ0n) is 13.6. The van der Waals surface area contributed by atoms with E-state index in [1.54, 1.807) is 18.2 Å². The fourth-order valence-corrected chi connectivity index (χ4v) is 2.71. The fraction of sp³-hybridized carbons (Fsp3) is 0.222. The Morgan fingerprint density at radius 3 is 2.29 bits per heavy atom. The number of carbonyl (C=O) groups is 2. The van der Waals surface area contributed by atoms with Gasteiger partial charge in [0.1, 0.15) is 0 Å². The lowest BCUT2D eigenvalue weighted by Gasteiger charge is -2.20. The summed E-state index contributed by atoms with van der Waals surface area (Å²) in [5.41, 5.74) is 2.83. The zero-order chi connectivity index (χ0) is 17.1. The first-order chi connectivity index (χ1) is 11.6. The molecule has 0 aromatic heterocycles. The SMILES string of the molecule is CCN(CC)c1ccc(N=Nc2cccc3c2C(=O)NC3=O)cc1. The van der Waals surface area contributed by atoms with Gasteiger partial charge in [0.15, 0.2) is 0 Å². The van der Waals surface area contributed by atoms with Crippen LogP contribution in [0, 0.1) is 0 Å². The van der Waals surface area contributed by atoms with Crippen LogP contribution in [0.1, 0.15) is 34.6 Å². The fourth-order valence-electron chi connectivity index (χ4n) is 2.71. The Kier molecular flexibility index (Phi) is 4.37. The van der Waals surface area contributed by atoms with E-state index < -0.39 is 11.8 Å². The molecule has 2 amide bonds. The molecular weight excluding hydrogens is 304 g/mol. The van der Waals surface area contributed by atoms with E-state index in [4.69, 9.17) is 0 Å². The normalized spacial score (nSPS) is 13.2. The van der Waals surface area contributed by atoms with Gasteiger partial charge in [-0.2, -0.15) is 5.11 Å². The molecular formula is C18H18N4O2. The van der Waals surface area contributed by atoms with Crippen LogP contribution >= 0.6 is 0 Å². The molecule has 0 spiro atoms. The second kappa shape index (κ2) is 6.62. The largest absolute Gasteiger partial charge is 0.372 e. The Morgan fingerprint density at radius 2 is 1.62 bits per heavy atom. The summed E-state index contributed by atoms with van der Waals surface area (Å²) < 4.78 is 0. The number of azo groups is 1. The van der Waals surface area contributed by atoms with Crippen molar-refractivity contribution in [1.82, 2.24) is 5.32 Å². The molecule has 0 saturated carbocycles. The third-order valence-corrected chi connectivity index (χ3v) is 3.99. The Morgan fingerprint density at radius 1 is 0.917 bits per heavy atom. The minimum atomic E-state index is -0.429. The molecule has 1 aliphatic heterocycles. The van der Waals surface area contributed by atoms with Crippen molar-refractivity contribution < 1.29 is 9.59 Å². The van der Waals surface area contributed by atoms with Crippen LogP contribution in [0.15, 0.2) is 52.7 Å². The molecule has 1 N–H and O–H groups in total. The predicted octanol–water partition coefficient (Wildman–Crippen LogP) is 3.83. The third-order valence-electron chi connectivity index (χ3n) is 3.99. The maximum Gasteiger partial charge on any atom is 0.261 e. The number of amides is 2. The summed E-state index contributed by atoms with van der Waals surface area (Å²) in [7, 11) is 0. The van der Waals surface area contributed by atoms with E-state index in [0.717, 1.165) is 18.8 Å². The number of hydrogen-bond donors (Lipinski definition) is 1. The van der Waals surface area contributed by atoms with Crippen LogP contribution in [-0.2, 0) is 0 Å². The molecule has 0 unspecified atom stereocenters. The lowest BCUT2D eigenvalue weighted by molar-refractivity contribution is 0.0880. The molecule has 0 radical (unpaired) electrons.